The molecule has 10 heteroatoms. The van der Waals surface area contributed by atoms with Crippen molar-refractivity contribution >= 4 is 34.8 Å². The number of nitrogens with one attached hydrogen (secondary N) is 3. The zero-order chi connectivity index (χ0) is 30.6. The van der Waals surface area contributed by atoms with E-state index >= 15 is 0 Å². The number of hydrogen-bond acceptors (Lipinski definition) is 6. The molecule has 2 aliphatic rings. The number of hydrogen-bond donors (Lipinski definition) is 3. The predicted octanol–water partition coefficient (Wildman–Crippen LogP) is 6.37. The Balaban J connectivity index is 0.00000198. The van der Waals surface area contributed by atoms with E-state index in [4.69, 9.17) is 16.6 Å². The molecule has 4 heterocycles. The monoisotopic (exact) mass is 597 g/mol. The maximum atomic E-state index is 14.8. The summed E-state index contributed by atoms with van der Waals surface area (Å²) in [4.78, 5) is 21.3. The van der Waals surface area contributed by atoms with Gasteiger partial charge in [0.2, 0.25) is 5.91 Å². The van der Waals surface area contributed by atoms with Crippen molar-refractivity contribution in [3.8, 4) is 0 Å². The van der Waals surface area contributed by atoms with E-state index < -0.39 is 0 Å². The summed E-state index contributed by atoms with van der Waals surface area (Å²) in [7, 11) is 0. The van der Waals surface area contributed by atoms with Crippen molar-refractivity contribution in [2.24, 2.45) is 5.92 Å². The van der Waals surface area contributed by atoms with Gasteiger partial charge in [-0.2, -0.15) is 5.10 Å². The molecule has 2 unspecified atom stereocenters. The number of carbonyl (C=O) groups is 1. The molecule has 2 aliphatic heterocycles. The molecule has 2 aromatic heterocycles. The summed E-state index contributed by atoms with van der Waals surface area (Å²) in [6.07, 6.45) is 5.12. The van der Waals surface area contributed by atoms with Gasteiger partial charge in [-0.1, -0.05) is 58.4 Å². The minimum atomic E-state index is -0.375. The molecule has 2 saturated heterocycles. The fourth-order valence-electron chi connectivity index (χ4n) is 5.61. The number of nitrogens with zero attached hydrogens (tertiary/aromatic N) is 4. The first-order valence-electron chi connectivity index (χ1n) is 15.1. The molecule has 8 nitrogen and oxygen atoms in total. The second kappa shape index (κ2) is 13.9. The van der Waals surface area contributed by atoms with Crippen LogP contribution in [-0.4, -0.2) is 64.3 Å². The Morgan fingerprint density at radius 1 is 1.17 bits per heavy atom. The predicted molar refractivity (Wildman–Crippen MR) is 169 cm³/mol. The van der Waals surface area contributed by atoms with Gasteiger partial charge in [0.05, 0.1) is 35.2 Å². The Morgan fingerprint density at radius 2 is 1.90 bits per heavy atom. The summed E-state index contributed by atoms with van der Waals surface area (Å²) in [6, 6.07) is 5.38. The van der Waals surface area contributed by atoms with Gasteiger partial charge in [-0.3, -0.25) is 14.8 Å². The molecule has 3 N–H and O–H groups in total. The van der Waals surface area contributed by atoms with Crippen LogP contribution in [0.5, 0.6) is 0 Å². The van der Waals surface area contributed by atoms with E-state index in [2.05, 4.69) is 65.2 Å². The molecular formula is C32H45ClFN7O. The van der Waals surface area contributed by atoms with E-state index in [1.807, 2.05) is 26.2 Å². The Labute approximate surface area is 254 Å². The van der Waals surface area contributed by atoms with Gasteiger partial charge in [0.15, 0.2) is 0 Å². The lowest BCUT2D eigenvalue weighted by Crippen LogP contribution is -2.60. The number of amides is 1. The van der Waals surface area contributed by atoms with Gasteiger partial charge in [0.25, 0.3) is 0 Å². The minimum Gasteiger partial charge on any atom is -0.365 e. The van der Waals surface area contributed by atoms with Crippen LogP contribution in [0.4, 0.5) is 21.7 Å². The summed E-state index contributed by atoms with van der Waals surface area (Å²) < 4.78 is 14.8. The van der Waals surface area contributed by atoms with E-state index in [0.29, 0.717) is 24.4 Å². The van der Waals surface area contributed by atoms with Crippen LogP contribution < -0.4 is 15.5 Å². The highest BCUT2D eigenvalue weighted by Gasteiger charge is 2.38. The summed E-state index contributed by atoms with van der Waals surface area (Å²) in [5.74, 6) is 2.21. The van der Waals surface area contributed by atoms with Crippen molar-refractivity contribution in [3.63, 3.8) is 0 Å². The van der Waals surface area contributed by atoms with Crippen LogP contribution in [0.2, 0.25) is 5.02 Å². The average molecular weight is 598 g/mol. The van der Waals surface area contributed by atoms with Crippen LogP contribution in [0, 0.1) is 25.6 Å². The first-order chi connectivity index (χ1) is 20.2. The minimum absolute atomic E-state index is 0.00839. The van der Waals surface area contributed by atoms with Gasteiger partial charge in [-0.25, -0.2) is 9.37 Å². The van der Waals surface area contributed by atoms with Crippen molar-refractivity contribution in [2.45, 2.75) is 79.3 Å². The van der Waals surface area contributed by atoms with Crippen molar-refractivity contribution in [1.82, 2.24) is 25.4 Å². The van der Waals surface area contributed by atoms with Gasteiger partial charge >= 0.3 is 0 Å². The molecule has 1 amide bonds. The SMILES string of the molecule is CC.Cc1c(N(CCc2cccc(Cl)c2F)c2[nH]ncc2C(C)C(C)C)cnc(NC2CN(C3CCNC3=O)C2)c1C. The van der Waals surface area contributed by atoms with Crippen LogP contribution in [0.3, 0.4) is 0 Å². The number of halogens is 2. The molecule has 42 heavy (non-hydrogen) atoms. The molecule has 0 spiro atoms. The standard InChI is InChI=1S/C30H39ClFN7O.C2H6/c1-17(2)18(3)23-13-35-37-29(23)39(12-10-21-7-6-8-24(31)27(21)32)26-14-34-28(20(5)19(26)4)36-22-15-38(16-22)25-9-11-33-30(25)40;1-2/h6-8,13-14,17-18,22,25H,9-12,15-16H2,1-5H3,(H,33,40)(H,34,36)(H,35,37);1-2H3. The largest absolute Gasteiger partial charge is 0.365 e. The smallest absolute Gasteiger partial charge is 0.237 e. The van der Waals surface area contributed by atoms with Crippen LogP contribution in [0.25, 0.3) is 0 Å². The second-order valence-electron chi connectivity index (χ2n) is 11.5. The van der Waals surface area contributed by atoms with Crippen molar-refractivity contribution in [1.29, 1.82) is 0 Å². The van der Waals surface area contributed by atoms with E-state index in [-0.39, 0.29) is 34.7 Å². The molecule has 0 bridgehead atoms. The Bertz CT molecular complexity index is 1370. The maximum absolute atomic E-state index is 14.8. The average Bonchev–Trinajstić information content (AvgIpc) is 3.61. The fourth-order valence-corrected chi connectivity index (χ4v) is 5.81. The van der Waals surface area contributed by atoms with E-state index in [1.54, 1.807) is 18.2 Å². The summed E-state index contributed by atoms with van der Waals surface area (Å²) in [5, 5.41) is 14.3. The number of aromatic nitrogens is 3. The van der Waals surface area contributed by atoms with Crippen LogP contribution >= 0.6 is 11.6 Å². The number of anilines is 3. The molecule has 3 aromatic rings. The zero-order valence-corrected chi connectivity index (χ0v) is 26.6. The number of pyridine rings is 1. The Hall–Kier alpha value is -3.17. The lowest BCUT2D eigenvalue weighted by atomic mass is 9.91. The van der Waals surface area contributed by atoms with Crippen LogP contribution in [0.1, 0.15) is 69.2 Å². The van der Waals surface area contributed by atoms with Crippen LogP contribution in [-0.2, 0) is 11.2 Å². The number of likely N-dealkylation sites (tertiary alicyclic amines) is 1. The van der Waals surface area contributed by atoms with Crippen LogP contribution in [0.15, 0.2) is 30.6 Å². The second-order valence-corrected chi connectivity index (χ2v) is 11.9. The molecule has 0 radical (unpaired) electrons. The Morgan fingerprint density at radius 3 is 2.57 bits per heavy atom. The quantitative estimate of drug-likeness (QED) is 0.252. The van der Waals surface area contributed by atoms with Gasteiger partial charge in [-0.15, -0.1) is 0 Å². The summed E-state index contributed by atoms with van der Waals surface area (Å²) in [5.41, 5.74) is 4.79. The number of aromatic amines is 1. The first kappa shape index (κ1) is 31.8. The topological polar surface area (TPSA) is 89.2 Å². The molecule has 0 saturated carbocycles. The molecular weight excluding hydrogens is 553 g/mol. The number of carbonyl (C=O) groups excluding carboxylic acids is 1. The molecule has 5 rings (SSSR count). The van der Waals surface area contributed by atoms with Crippen molar-refractivity contribution in [3.05, 3.63) is 63.7 Å². The van der Waals surface area contributed by atoms with Crippen molar-refractivity contribution in [2.75, 3.05) is 36.4 Å². The number of benzene rings is 1. The zero-order valence-electron chi connectivity index (χ0n) is 25.9. The van der Waals surface area contributed by atoms with Crippen molar-refractivity contribution < 1.29 is 9.18 Å². The van der Waals surface area contributed by atoms with E-state index in [1.165, 1.54) is 0 Å². The number of H-pyrrole nitrogens is 1. The van der Waals surface area contributed by atoms with E-state index in [9.17, 15) is 9.18 Å². The first-order valence-corrected chi connectivity index (χ1v) is 15.5. The lowest BCUT2D eigenvalue weighted by molar-refractivity contribution is -0.125. The summed E-state index contributed by atoms with van der Waals surface area (Å²) >= 11 is 6.08. The molecule has 0 aliphatic carbocycles. The van der Waals surface area contributed by atoms with E-state index in [0.717, 1.165) is 60.1 Å². The van der Waals surface area contributed by atoms with Gasteiger partial charge in [0.1, 0.15) is 17.5 Å². The molecule has 2 atom stereocenters. The molecule has 2 fully saturated rings. The third-order valence-corrected chi connectivity index (χ3v) is 8.96. The van der Waals surface area contributed by atoms with Gasteiger partial charge < -0.3 is 15.5 Å². The molecule has 1 aromatic carbocycles. The maximum Gasteiger partial charge on any atom is 0.237 e. The third-order valence-electron chi connectivity index (χ3n) is 8.66. The fraction of sp³-hybridized carbons (Fsp3) is 0.531. The third kappa shape index (κ3) is 6.57. The van der Waals surface area contributed by atoms with Gasteiger partial charge in [-0.05, 0) is 61.3 Å². The molecule has 228 valence electrons. The normalized spacial score (nSPS) is 17.9. The highest BCUT2D eigenvalue weighted by molar-refractivity contribution is 6.30. The summed E-state index contributed by atoms with van der Waals surface area (Å²) in [6.45, 7) is 17.7. The highest BCUT2D eigenvalue weighted by atomic mass is 35.5. The number of rotatable bonds is 10. The lowest BCUT2D eigenvalue weighted by Gasteiger charge is -2.42. The highest BCUT2D eigenvalue weighted by Crippen LogP contribution is 2.37. The Kier molecular flexibility index (Phi) is 10.5. The van der Waals surface area contributed by atoms with Gasteiger partial charge in [0, 0.05) is 31.7 Å².